The molecule has 0 atom stereocenters. The van der Waals surface area contributed by atoms with Crippen molar-refractivity contribution in [1.29, 1.82) is 0 Å². The maximum atomic E-state index is 12.7. The lowest BCUT2D eigenvalue weighted by atomic mass is 9.97. The number of carbonyl (C=O) groups is 1. The van der Waals surface area contributed by atoms with Crippen molar-refractivity contribution >= 4 is 5.78 Å². The van der Waals surface area contributed by atoms with E-state index in [0.717, 1.165) is 23.3 Å². The summed E-state index contributed by atoms with van der Waals surface area (Å²) in [5.41, 5.74) is 1.99. The van der Waals surface area contributed by atoms with E-state index >= 15 is 0 Å². The monoisotopic (exact) mass is 292 g/mol. The minimum absolute atomic E-state index is 0.0335. The second-order valence-corrected chi connectivity index (χ2v) is 5.12. The third-order valence-corrected chi connectivity index (χ3v) is 3.31. The van der Waals surface area contributed by atoms with Crippen LogP contribution < -0.4 is 0 Å². The second-order valence-electron chi connectivity index (χ2n) is 5.12. The van der Waals surface area contributed by atoms with E-state index in [2.05, 4.69) is 0 Å². The van der Waals surface area contributed by atoms with Gasteiger partial charge in [-0.25, -0.2) is 0 Å². The molecule has 0 radical (unpaired) electrons. The number of rotatable bonds is 3. The summed E-state index contributed by atoms with van der Waals surface area (Å²) in [5, 5.41) is 0. The van der Waals surface area contributed by atoms with Crippen LogP contribution in [-0.2, 0) is 12.6 Å². The number of Topliss-reactive ketones (excluding diaryl/α,β-unsaturated/α-hetero) is 1. The summed E-state index contributed by atoms with van der Waals surface area (Å²) in [6, 6.07) is 10.4. The van der Waals surface area contributed by atoms with Crippen molar-refractivity contribution < 1.29 is 18.0 Å². The largest absolute Gasteiger partial charge is 0.416 e. The first kappa shape index (κ1) is 15.3. The summed E-state index contributed by atoms with van der Waals surface area (Å²) in [6.45, 7) is 3.69. The topological polar surface area (TPSA) is 17.1 Å². The van der Waals surface area contributed by atoms with E-state index in [1.165, 1.54) is 12.1 Å². The average molecular weight is 292 g/mol. The highest BCUT2D eigenvalue weighted by Gasteiger charge is 2.30. The van der Waals surface area contributed by atoms with Crippen molar-refractivity contribution in [3.05, 3.63) is 70.3 Å². The molecule has 0 unspecified atom stereocenters. The van der Waals surface area contributed by atoms with Crippen LogP contribution in [0.2, 0.25) is 0 Å². The Hall–Kier alpha value is -2.10. The van der Waals surface area contributed by atoms with Gasteiger partial charge in [0, 0.05) is 12.0 Å². The minimum Gasteiger partial charge on any atom is -0.294 e. The van der Waals surface area contributed by atoms with E-state index in [1.807, 2.05) is 26.0 Å². The summed E-state index contributed by atoms with van der Waals surface area (Å²) < 4.78 is 38.0. The zero-order valence-corrected chi connectivity index (χ0v) is 11.8. The lowest BCUT2D eigenvalue weighted by Crippen LogP contribution is -2.09. The molecule has 0 fully saturated rings. The van der Waals surface area contributed by atoms with Crippen LogP contribution in [0.25, 0.3) is 0 Å². The first-order valence-electron chi connectivity index (χ1n) is 6.54. The molecule has 110 valence electrons. The number of benzene rings is 2. The molecule has 0 aliphatic carbocycles. The SMILES string of the molecule is Cc1ccc(C)c(C(=O)Cc2cccc(C(F)(F)F)c2)c1. The molecule has 0 aromatic heterocycles. The number of carbonyl (C=O) groups excluding carboxylic acids is 1. The Morgan fingerprint density at radius 3 is 2.43 bits per heavy atom. The van der Waals surface area contributed by atoms with Gasteiger partial charge in [0.25, 0.3) is 0 Å². The molecule has 0 bridgehead atoms. The van der Waals surface area contributed by atoms with Crippen molar-refractivity contribution in [2.45, 2.75) is 26.4 Å². The van der Waals surface area contributed by atoms with Crippen molar-refractivity contribution in [2.75, 3.05) is 0 Å². The van der Waals surface area contributed by atoms with Gasteiger partial charge >= 0.3 is 6.18 Å². The molecule has 2 aromatic carbocycles. The van der Waals surface area contributed by atoms with E-state index < -0.39 is 11.7 Å². The molecule has 0 aliphatic rings. The van der Waals surface area contributed by atoms with Crippen molar-refractivity contribution in [2.24, 2.45) is 0 Å². The third kappa shape index (κ3) is 3.72. The van der Waals surface area contributed by atoms with Gasteiger partial charge in [0.1, 0.15) is 0 Å². The molecule has 21 heavy (non-hydrogen) atoms. The van der Waals surface area contributed by atoms with Crippen molar-refractivity contribution in [3.63, 3.8) is 0 Å². The fraction of sp³-hybridized carbons (Fsp3) is 0.235. The van der Waals surface area contributed by atoms with Gasteiger partial charge in [0.2, 0.25) is 0 Å². The van der Waals surface area contributed by atoms with Crippen LogP contribution in [0.15, 0.2) is 42.5 Å². The molecule has 0 aliphatic heterocycles. The standard InChI is InChI=1S/C17H15F3O/c1-11-6-7-12(2)15(8-11)16(21)10-13-4-3-5-14(9-13)17(18,19)20/h3-9H,10H2,1-2H3. The zero-order valence-electron chi connectivity index (χ0n) is 11.8. The Kier molecular flexibility index (Phi) is 4.16. The van der Waals surface area contributed by atoms with Gasteiger partial charge in [-0.05, 0) is 37.1 Å². The van der Waals surface area contributed by atoms with Gasteiger partial charge in [-0.3, -0.25) is 4.79 Å². The predicted octanol–water partition coefficient (Wildman–Crippen LogP) is 4.75. The number of alkyl halides is 3. The predicted molar refractivity (Wildman–Crippen MR) is 75.4 cm³/mol. The molecule has 0 spiro atoms. The molecular weight excluding hydrogens is 277 g/mol. The van der Waals surface area contributed by atoms with Crippen LogP contribution in [0.3, 0.4) is 0 Å². The van der Waals surface area contributed by atoms with Gasteiger partial charge in [0.15, 0.2) is 5.78 Å². The van der Waals surface area contributed by atoms with Crippen LogP contribution in [-0.4, -0.2) is 5.78 Å². The van der Waals surface area contributed by atoms with E-state index in [4.69, 9.17) is 0 Å². The maximum absolute atomic E-state index is 12.7. The Morgan fingerprint density at radius 2 is 1.76 bits per heavy atom. The number of aryl methyl sites for hydroxylation is 2. The Labute approximate surface area is 121 Å². The van der Waals surface area contributed by atoms with Crippen LogP contribution >= 0.6 is 0 Å². The lowest BCUT2D eigenvalue weighted by molar-refractivity contribution is -0.137. The molecule has 4 heteroatoms. The molecule has 0 N–H and O–H groups in total. The summed E-state index contributed by atoms with van der Waals surface area (Å²) >= 11 is 0. The maximum Gasteiger partial charge on any atom is 0.416 e. The highest BCUT2D eigenvalue weighted by Crippen LogP contribution is 2.29. The summed E-state index contributed by atoms with van der Waals surface area (Å²) in [4.78, 5) is 12.3. The molecule has 0 heterocycles. The molecule has 0 saturated heterocycles. The van der Waals surface area contributed by atoms with Crippen LogP contribution in [0.5, 0.6) is 0 Å². The first-order chi connectivity index (χ1) is 9.77. The van der Waals surface area contributed by atoms with Gasteiger partial charge in [-0.15, -0.1) is 0 Å². The quantitative estimate of drug-likeness (QED) is 0.746. The minimum atomic E-state index is -4.39. The highest BCUT2D eigenvalue weighted by molar-refractivity contribution is 5.99. The van der Waals surface area contributed by atoms with Crippen molar-refractivity contribution in [3.8, 4) is 0 Å². The van der Waals surface area contributed by atoms with Crippen molar-refractivity contribution in [1.82, 2.24) is 0 Å². The molecule has 2 aromatic rings. The lowest BCUT2D eigenvalue weighted by Gasteiger charge is -2.09. The van der Waals surface area contributed by atoms with E-state index in [1.54, 1.807) is 6.07 Å². The smallest absolute Gasteiger partial charge is 0.294 e. The molecule has 2 rings (SSSR count). The molecular formula is C17H15F3O. The van der Waals surface area contributed by atoms with E-state index in [0.29, 0.717) is 11.1 Å². The number of halogens is 3. The fourth-order valence-corrected chi connectivity index (χ4v) is 2.17. The van der Waals surface area contributed by atoms with Gasteiger partial charge in [-0.1, -0.05) is 35.9 Å². The number of hydrogen-bond acceptors (Lipinski definition) is 1. The second kappa shape index (κ2) is 5.72. The van der Waals surface area contributed by atoms with Gasteiger partial charge in [-0.2, -0.15) is 13.2 Å². The highest BCUT2D eigenvalue weighted by atomic mass is 19.4. The molecule has 0 saturated carbocycles. The summed E-state index contributed by atoms with van der Waals surface area (Å²) in [6.07, 6.45) is -4.42. The molecule has 0 amide bonds. The average Bonchev–Trinajstić information content (AvgIpc) is 2.41. The van der Waals surface area contributed by atoms with E-state index in [9.17, 15) is 18.0 Å². The number of ketones is 1. The summed E-state index contributed by atoms with van der Waals surface area (Å²) in [7, 11) is 0. The first-order valence-corrected chi connectivity index (χ1v) is 6.54. The summed E-state index contributed by atoms with van der Waals surface area (Å²) in [5.74, 6) is -0.171. The Bertz CT molecular complexity index is 672. The normalized spacial score (nSPS) is 11.5. The van der Waals surface area contributed by atoms with Gasteiger partial charge in [0.05, 0.1) is 5.56 Å². The number of hydrogen-bond donors (Lipinski definition) is 0. The van der Waals surface area contributed by atoms with E-state index in [-0.39, 0.29) is 12.2 Å². The Balaban J connectivity index is 2.26. The van der Waals surface area contributed by atoms with Gasteiger partial charge < -0.3 is 0 Å². The molecule has 1 nitrogen and oxygen atoms in total. The zero-order chi connectivity index (χ0) is 15.6. The third-order valence-electron chi connectivity index (χ3n) is 3.31. The van der Waals surface area contributed by atoms with Crippen LogP contribution in [0, 0.1) is 13.8 Å². The fourth-order valence-electron chi connectivity index (χ4n) is 2.17. The Morgan fingerprint density at radius 1 is 1.05 bits per heavy atom. The van der Waals surface area contributed by atoms with Crippen LogP contribution in [0.1, 0.15) is 32.6 Å². The van der Waals surface area contributed by atoms with Crippen LogP contribution in [0.4, 0.5) is 13.2 Å².